The van der Waals surface area contributed by atoms with Crippen LogP contribution in [-0.4, -0.2) is 11.9 Å². The predicted octanol–water partition coefficient (Wildman–Crippen LogP) is 5.97. The quantitative estimate of drug-likeness (QED) is 0.364. The molecule has 0 amide bonds. The Labute approximate surface area is 170 Å². The Bertz CT molecular complexity index is 1040. The molecule has 0 spiro atoms. The first-order valence-corrected chi connectivity index (χ1v) is 9.24. The fourth-order valence-electron chi connectivity index (χ4n) is 2.62. The van der Waals surface area contributed by atoms with Gasteiger partial charge in [0, 0.05) is 23.6 Å². The lowest BCUT2D eigenvalue weighted by Gasteiger charge is -2.11. The second kappa shape index (κ2) is 9.04. The molecule has 0 fully saturated rings. The number of rotatable bonds is 6. The number of carbonyl (C=O) groups is 2. The number of hydrogen-bond acceptors (Lipinski definition) is 4. The van der Waals surface area contributed by atoms with E-state index in [1.165, 1.54) is 24.3 Å². The van der Waals surface area contributed by atoms with Crippen molar-refractivity contribution in [1.29, 1.82) is 0 Å². The third-order valence-corrected chi connectivity index (χ3v) is 4.53. The highest BCUT2D eigenvalue weighted by Gasteiger charge is 2.16. The summed E-state index contributed by atoms with van der Waals surface area (Å²) >= 11 is 12.3. The van der Waals surface area contributed by atoms with Crippen molar-refractivity contribution < 1.29 is 23.5 Å². The molecule has 0 radical (unpaired) electrons. The average molecular weight is 421 g/mol. The number of ether oxygens (including phenoxy) is 2. The molecular weight excluding hydrogens is 406 g/mol. The van der Waals surface area contributed by atoms with Crippen LogP contribution in [0.25, 0.3) is 10.8 Å². The fraction of sp³-hybridized carbons (Fsp3) is 0.143. The van der Waals surface area contributed by atoms with Gasteiger partial charge in [0.05, 0.1) is 10.0 Å². The van der Waals surface area contributed by atoms with Crippen LogP contribution in [0, 0.1) is 5.82 Å². The molecule has 0 aliphatic heterocycles. The summed E-state index contributed by atoms with van der Waals surface area (Å²) in [6.07, 6.45) is 0.105. The van der Waals surface area contributed by atoms with Crippen LogP contribution in [0.2, 0.25) is 10.0 Å². The van der Waals surface area contributed by atoms with Crippen LogP contribution in [0.1, 0.15) is 19.3 Å². The summed E-state index contributed by atoms with van der Waals surface area (Å²) in [5, 5.41) is 2.00. The SMILES string of the molecule is O=C(CCCC(=O)Oc1c(Cl)cc(Cl)c2ccccc12)Oc1ccccc1F. The van der Waals surface area contributed by atoms with E-state index in [4.69, 9.17) is 32.7 Å². The lowest BCUT2D eigenvalue weighted by atomic mass is 10.1. The first-order valence-electron chi connectivity index (χ1n) is 8.48. The molecule has 3 aromatic carbocycles. The zero-order valence-corrected chi connectivity index (χ0v) is 16.1. The molecule has 3 aromatic rings. The molecule has 4 nitrogen and oxygen atoms in total. The van der Waals surface area contributed by atoms with Gasteiger partial charge in [-0.05, 0) is 24.6 Å². The number of esters is 2. The van der Waals surface area contributed by atoms with E-state index in [1.807, 2.05) is 6.07 Å². The third-order valence-electron chi connectivity index (χ3n) is 3.94. The number of para-hydroxylation sites is 1. The molecule has 0 heterocycles. The van der Waals surface area contributed by atoms with Gasteiger partial charge in [0.1, 0.15) is 0 Å². The van der Waals surface area contributed by atoms with E-state index < -0.39 is 17.8 Å². The maximum Gasteiger partial charge on any atom is 0.311 e. The molecule has 28 heavy (non-hydrogen) atoms. The zero-order chi connectivity index (χ0) is 20.1. The topological polar surface area (TPSA) is 52.6 Å². The maximum atomic E-state index is 13.5. The molecule has 7 heteroatoms. The number of fused-ring (bicyclic) bond motifs is 1. The standard InChI is InChI=1S/C21H15Cl2FO4/c22-15-12-16(23)21(14-7-2-1-6-13(14)15)28-20(26)11-5-10-19(25)27-18-9-4-3-8-17(18)24/h1-4,6-9,12H,5,10-11H2. The average Bonchev–Trinajstić information content (AvgIpc) is 2.67. The minimum absolute atomic E-state index is 0.0281. The summed E-state index contributed by atoms with van der Waals surface area (Å²) < 4.78 is 23.8. The van der Waals surface area contributed by atoms with Gasteiger partial charge in [-0.25, -0.2) is 4.39 Å². The van der Waals surface area contributed by atoms with Crippen LogP contribution in [0.3, 0.4) is 0 Å². The van der Waals surface area contributed by atoms with E-state index >= 15 is 0 Å². The van der Waals surface area contributed by atoms with Gasteiger partial charge >= 0.3 is 11.9 Å². The van der Waals surface area contributed by atoms with Crippen molar-refractivity contribution >= 4 is 45.9 Å². The van der Waals surface area contributed by atoms with Gasteiger partial charge in [-0.3, -0.25) is 9.59 Å². The fourth-order valence-corrected chi connectivity index (χ4v) is 3.20. The lowest BCUT2D eigenvalue weighted by Crippen LogP contribution is -2.12. The summed E-state index contributed by atoms with van der Waals surface area (Å²) in [6.45, 7) is 0. The third kappa shape index (κ3) is 4.80. The first kappa shape index (κ1) is 20.1. The van der Waals surface area contributed by atoms with E-state index in [-0.39, 0.29) is 35.8 Å². The molecule has 0 N–H and O–H groups in total. The minimum atomic E-state index is -0.632. The molecule has 0 bridgehead atoms. The molecule has 0 aliphatic carbocycles. The van der Waals surface area contributed by atoms with Crippen LogP contribution < -0.4 is 9.47 Å². The van der Waals surface area contributed by atoms with Gasteiger partial charge in [0.15, 0.2) is 17.3 Å². The van der Waals surface area contributed by atoms with Gasteiger partial charge in [-0.2, -0.15) is 0 Å². The van der Waals surface area contributed by atoms with Crippen LogP contribution in [0.5, 0.6) is 11.5 Å². The summed E-state index contributed by atoms with van der Waals surface area (Å²) in [4.78, 5) is 24.0. The molecule has 0 unspecified atom stereocenters. The number of hydrogen-bond donors (Lipinski definition) is 0. The molecular formula is C21H15Cl2FO4. The second-order valence-corrected chi connectivity index (χ2v) is 6.76. The normalized spacial score (nSPS) is 10.7. The smallest absolute Gasteiger partial charge is 0.311 e. The number of benzene rings is 3. The Morgan fingerprint density at radius 1 is 0.821 bits per heavy atom. The maximum absolute atomic E-state index is 13.5. The summed E-state index contributed by atoms with van der Waals surface area (Å²) in [5.74, 6) is -1.73. The Hall–Kier alpha value is -2.63. The van der Waals surface area contributed by atoms with E-state index in [2.05, 4.69) is 0 Å². The predicted molar refractivity (Wildman–Crippen MR) is 105 cm³/mol. The lowest BCUT2D eigenvalue weighted by molar-refractivity contribution is -0.136. The molecule has 3 rings (SSSR count). The minimum Gasteiger partial charge on any atom is -0.424 e. The Kier molecular flexibility index (Phi) is 6.49. The summed E-state index contributed by atoms with van der Waals surface area (Å²) in [5.41, 5.74) is 0. The van der Waals surface area contributed by atoms with Crippen LogP contribution in [-0.2, 0) is 9.59 Å². The van der Waals surface area contributed by atoms with Crippen LogP contribution in [0.4, 0.5) is 4.39 Å². The second-order valence-electron chi connectivity index (χ2n) is 5.95. The zero-order valence-electron chi connectivity index (χ0n) is 14.6. The molecule has 0 atom stereocenters. The van der Waals surface area contributed by atoms with Crippen molar-refractivity contribution in [3.05, 3.63) is 70.5 Å². The van der Waals surface area contributed by atoms with Crippen molar-refractivity contribution in [3.63, 3.8) is 0 Å². The van der Waals surface area contributed by atoms with Gasteiger partial charge in [0.25, 0.3) is 0 Å². The van der Waals surface area contributed by atoms with Gasteiger partial charge in [0.2, 0.25) is 0 Å². The van der Waals surface area contributed by atoms with E-state index in [1.54, 1.807) is 24.3 Å². The van der Waals surface area contributed by atoms with Gasteiger partial charge in [-0.15, -0.1) is 0 Å². The highest BCUT2D eigenvalue weighted by Crippen LogP contribution is 2.38. The Morgan fingerprint density at radius 2 is 1.43 bits per heavy atom. The molecule has 0 aromatic heterocycles. The number of halogens is 3. The Balaban J connectivity index is 1.57. The first-order chi connectivity index (χ1) is 13.5. The van der Waals surface area contributed by atoms with Gasteiger partial charge in [-0.1, -0.05) is 59.6 Å². The molecule has 0 aliphatic rings. The monoisotopic (exact) mass is 420 g/mol. The summed E-state index contributed by atoms with van der Waals surface area (Å²) in [7, 11) is 0. The van der Waals surface area contributed by atoms with Gasteiger partial charge < -0.3 is 9.47 Å². The van der Waals surface area contributed by atoms with Crippen LogP contribution >= 0.6 is 23.2 Å². The summed E-state index contributed by atoms with van der Waals surface area (Å²) in [6, 6.07) is 14.3. The largest absolute Gasteiger partial charge is 0.424 e. The van der Waals surface area contributed by atoms with E-state index in [9.17, 15) is 14.0 Å². The van der Waals surface area contributed by atoms with Crippen molar-refractivity contribution in [1.82, 2.24) is 0 Å². The van der Waals surface area contributed by atoms with E-state index in [0.717, 1.165) is 0 Å². The van der Waals surface area contributed by atoms with Crippen molar-refractivity contribution in [2.24, 2.45) is 0 Å². The highest BCUT2D eigenvalue weighted by atomic mass is 35.5. The van der Waals surface area contributed by atoms with Crippen molar-refractivity contribution in [2.45, 2.75) is 19.3 Å². The highest BCUT2D eigenvalue weighted by molar-refractivity contribution is 6.40. The number of carbonyl (C=O) groups excluding carboxylic acids is 2. The molecule has 144 valence electrons. The molecule has 0 saturated heterocycles. The van der Waals surface area contributed by atoms with Crippen molar-refractivity contribution in [2.75, 3.05) is 0 Å². The van der Waals surface area contributed by atoms with Crippen LogP contribution in [0.15, 0.2) is 54.6 Å². The van der Waals surface area contributed by atoms with E-state index in [0.29, 0.717) is 15.8 Å². The molecule has 0 saturated carbocycles. The van der Waals surface area contributed by atoms with Crippen molar-refractivity contribution in [3.8, 4) is 11.5 Å². The Morgan fingerprint density at radius 3 is 2.14 bits per heavy atom.